The summed E-state index contributed by atoms with van der Waals surface area (Å²) in [6, 6.07) is 0. The number of hydrogen-bond donors (Lipinski definition) is 1. The number of carbonyl (C=O) groups is 1. The zero-order valence-corrected chi connectivity index (χ0v) is 10.4. The molecule has 0 aromatic carbocycles. The third kappa shape index (κ3) is 2.78. The van der Waals surface area contributed by atoms with E-state index >= 15 is 0 Å². The number of hydrogen-bond acceptors (Lipinski definition) is 4. The van der Waals surface area contributed by atoms with E-state index in [0.717, 1.165) is 19.3 Å². The number of ether oxygens (including phenoxy) is 2. The van der Waals surface area contributed by atoms with Crippen molar-refractivity contribution in [2.75, 3.05) is 33.4 Å². The van der Waals surface area contributed by atoms with Crippen molar-refractivity contribution in [3.8, 4) is 0 Å². The first kappa shape index (κ1) is 12.8. The van der Waals surface area contributed by atoms with Crippen LogP contribution in [0.25, 0.3) is 0 Å². The number of morpholine rings is 1. The summed E-state index contributed by atoms with van der Waals surface area (Å²) in [4.78, 5) is 13.9. The molecule has 2 aliphatic rings. The molecule has 1 unspecified atom stereocenters. The van der Waals surface area contributed by atoms with Crippen LogP contribution >= 0.6 is 0 Å². The Morgan fingerprint density at radius 2 is 2.35 bits per heavy atom. The number of aliphatic hydroxyl groups excluding tert-OH is 1. The zero-order chi connectivity index (χ0) is 12.3. The number of aliphatic hydroxyl groups is 1. The maximum Gasteiger partial charge on any atom is 0.225 e. The van der Waals surface area contributed by atoms with Gasteiger partial charge in [0.2, 0.25) is 5.91 Å². The summed E-state index contributed by atoms with van der Waals surface area (Å²) in [6.45, 7) is 1.60. The van der Waals surface area contributed by atoms with E-state index in [1.807, 2.05) is 0 Å². The molecule has 2 fully saturated rings. The fraction of sp³-hybridized carbons (Fsp3) is 0.917. The molecule has 0 bridgehead atoms. The van der Waals surface area contributed by atoms with Crippen molar-refractivity contribution in [1.82, 2.24) is 4.90 Å². The molecule has 1 saturated carbocycles. The Bertz CT molecular complexity index is 272. The van der Waals surface area contributed by atoms with E-state index in [-0.39, 0.29) is 24.2 Å². The van der Waals surface area contributed by atoms with Gasteiger partial charge in [0.1, 0.15) is 0 Å². The summed E-state index contributed by atoms with van der Waals surface area (Å²) in [5, 5.41) is 9.04. The summed E-state index contributed by atoms with van der Waals surface area (Å²) in [5.74, 6) is 0.119. The molecule has 17 heavy (non-hydrogen) atoms. The van der Waals surface area contributed by atoms with Gasteiger partial charge in [0, 0.05) is 20.2 Å². The predicted molar refractivity (Wildman–Crippen MR) is 61.6 cm³/mol. The quantitative estimate of drug-likeness (QED) is 0.764. The van der Waals surface area contributed by atoms with Gasteiger partial charge in [0.15, 0.2) is 0 Å². The van der Waals surface area contributed by atoms with Crippen molar-refractivity contribution in [3.05, 3.63) is 0 Å². The average Bonchev–Trinajstić information content (AvgIpc) is 2.33. The highest BCUT2D eigenvalue weighted by Gasteiger charge is 2.40. The summed E-state index contributed by atoms with van der Waals surface area (Å²) in [7, 11) is 1.68. The lowest BCUT2D eigenvalue weighted by molar-refractivity contribution is -0.152. The van der Waals surface area contributed by atoms with Crippen molar-refractivity contribution in [2.45, 2.75) is 37.4 Å². The van der Waals surface area contributed by atoms with Gasteiger partial charge in [-0.25, -0.2) is 0 Å². The van der Waals surface area contributed by atoms with Crippen molar-refractivity contribution in [2.24, 2.45) is 0 Å². The predicted octanol–water partition coefficient (Wildman–Crippen LogP) is 0.165. The Morgan fingerprint density at radius 3 is 2.88 bits per heavy atom. The zero-order valence-electron chi connectivity index (χ0n) is 10.4. The lowest BCUT2D eigenvalue weighted by atomic mass is 9.77. The standard InChI is InChI=1S/C12H21NO4/c1-16-12(3-2-4-12)7-11(15)13-5-6-17-10(8-13)9-14/h10,14H,2-9H2,1H3. The molecule has 5 nitrogen and oxygen atoms in total. The van der Waals surface area contributed by atoms with E-state index in [0.29, 0.717) is 26.1 Å². The van der Waals surface area contributed by atoms with Crippen LogP contribution in [0.2, 0.25) is 0 Å². The van der Waals surface area contributed by atoms with E-state index in [2.05, 4.69) is 0 Å². The molecule has 5 heteroatoms. The molecule has 98 valence electrons. The summed E-state index contributed by atoms with van der Waals surface area (Å²) >= 11 is 0. The smallest absolute Gasteiger partial charge is 0.225 e. The summed E-state index contributed by atoms with van der Waals surface area (Å²) < 4.78 is 10.8. The number of carbonyl (C=O) groups excluding carboxylic acids is 1. The van der Waals surface area contributed by atoms with Crippen LogP contribution in [0.5, 0.6) is 0 Å². The molecule has 1 N–H and O–H groups in total. The molecular formula is C12H21NO4. The molecule has 1 atom stereocenters. The van der Waals surface area contributed by atoms with E-state index in [1.165, 1.54) is 0 Å². The van der Waals surface area contributed by atoms with Gasteiger partial charge in [-0.3, -0.25) is 4.79 Å². The largest absolute Gasteiger partial charge is 0.394 e. The number of rotatable bonds is 4. The SMILES string of the molecule is COC1(CC(=O)N2CCOC(CO)C2)CCC1. The van der Waals surface area contributed by atoms with Crippen LogP contribution in [-0.2, 0) is 14.3 Å². The first-order valence-corrected chi connectivity index (χ1v) is 6.24. The molecule has 1 amide bonds. The van der Waals surface area contributed by atoms with Crippen molar-refractivity contribution < 1.29 is 19.4 Å². The molecule has 1 saturated heterocycles. The van der Waals surface area contributed by atoms with Crippen LogP contribution in [0.3, 0.4) is 0 Å². The van der Waals surface area contributed by atoms with Gasteiger partial charge in [-0.1, -0.05) is 0 Å². The molecule has 1 heterocycles. The highest BCUT2D eigenvalue weighted by molar-refractivity contribution is 5.77. The minimum absolute atomic E-state index is 0.0286. The Kier molecular flexibility index (Phi) is 4.01. The minimum atomic E-state index is -0.229. The lowest BCUT2D eigenvalue weighted by Gasteiger charge is -2.42. The highest BCUT2D eigenvalue weighted by Crippen LogP contribution is 2.38. The number of amides is 1. The topological polar surface area (TPSA) is 59.0 Å². The first-order chi connectivity index (χ1) is 8.19. The van der Waals surface area contributed by atoms with Gasteiger partial charge in [-0.05, 0) is 19.3 Å². The van der Waals surface area contributed by atoms with Crippen molar-refractivity contribution >= 4 is 5.91 Å². The van der Waals surface area contributed by atoms with E-state index in [1.54, 1.807) is 12.0 Å². The van der Waals surface area contributed by atoms with Crippen LogP contribution < -0.4 is 0 Å². The van der Waals surface area contributed by atoms with E-state index in [9.17, 15) is 4.79 Å². The second-order valence-corrected chi connectivity index (χ2v) is 4.93. The minimum Gasteiger partial charge on any atom is -0.394 e. The Hall–Kier alpha value is -0.650. The fourth-order valence-electron chi connectivity index (χ4n) is 2.47. The van der Waals surface area contributed by atoms with E-state index < -0.39 is 0 Å². The summed E-state index contributed by atoms with van der Waals surface area (Å²) in [5.41, 5.74) is -0.218. The van der Waals surface area contributed by atoms with Gasteiger partial charge in [-0.15, -0.1) is 0 Å². The Balaban J connectivity index is 1.86. The molecule has 0 aromatic rings. The Labute approximate surface area is 102 Å². The second kappa shape index (κ2) is 5.33. The average molecular weight is 243 g/mol. The molecule has 0 aromatic heterocycles. The molecule has 2 rings (SSSR count). The van der Waals surface area contributed by atoms with Gasteiger partial charge in [0.25, 0.3) is 0 Å². The van der Waals surface area contributed by atoms with Crippen molar-refractivity contribution in [1.29, 1.82) is 0 Å². The van der Waals surface area contributed by atoms with Gasteiger partial charge >= 0.3 is 0 Å². The van der Waals surface area contributed by atoms with Crippen LogP contribution in [0, 0.1) is 0 Å². The van der Waals surface area contributed by atoms with E-state index in [4.69, 9.17) is 14.6 Å². The van der Waals surface area contributed by atoms with Crippen LogP contribution in [0.1, 0.15) is 25.7 Å². The van der Waals surface area contributed by atoms with Gasteiger partial charge in [0.05, 0.1) is 31.3 Å². The summed E-state index contributed by atoms with van der Waals surface area (Å²) in [6.07, 6.45) is 3.32. The third-order valence-electron chi connectivity index (χ3n) is 3.87. The number of methoxy groups -OCH3 is 1. The number of nitrogens with zero attached hydrogens (tertiary/aromatic N) is 1. The fourth-order valence-corrected chi connectivity index (χ4v) is 2.47. The highest BCUT2D eigenvalue weighted by atomic mass is 16.5. The van der Waals surface area contributed by atoms with Crippen LogP contribution in [-0.4, -0.2) is 61.0 Å². The molecule has 0 radical (unpaired) electrons. The van der Waals surface area contributed by atoms with Gasteiger partial charge in [-0.2, -0.15) is 0 Å². The van der Waals surface area contributed by atoms with Crippen LogP contribution in [0.15, 0.2) is 0 Å². The molecule has 1 aliphatic carbocycles. The normalized spacial score (nSPS) is 27.6. The van der Waals surface area contributed by atoms with Crippen molar-refractivity contribution in [3.63, 3.8) is 0 Å². The molecule has 0 spiro atoms. The third-order valence-corrected chi connectivity index (χ3v) is 3.87. The second-order valence-electron chi connectivity index (χ2n) is 4.93. The lowest BCUT2D eigenvalue weighted by Crippen LogP contribution is -2.50. The first-order valence-electron chi connectivity index (χ1n) is 6.24. The van der Waals surface area contributed by atoms with Crippen LogP contribution in [0.4, 0.5) is 0 Å². The Morgan fingerprint density at radius 1 is 1.59 bits per heavy atom. The molecule has 1 aliphatic heterocycles. The maximum absolute atomic E-state index is 12.1. The maximum atomic E-state index is 12.1. The monoisotopic (exact) mass is 243 g/mol. The molecular weight excluding hydrogens is 222 g/mol. The van der Waals surface area contributed by atoms with Gasteiger partial charge < -0.3 is 19.5 Å².